The largest absolute Gasteiger partial charge is 0.497 e. The Balaban J connectivity index is 2.04. The van der Waals surface area contributed by atoms with Gasteiger partial charge in [0.15, 0.2) is 9.84 Å². The molecular formula is C23H18Br2O4S. The van der Waals surface area contributed by atoms with Crippen LogP contribution in [0.15, 0.2) is 86.6 Å². The van der Waals surface area contributed by atoms with Crippen molar-refractivity contribution in [3.05, 3.63) is 103 Å². The number of hydrogen-bond acceptors (Lipinski definition) is 4. The molecule has 3 aromatic carbocycles. The molecule has 0 aromatic heterocycles. The second kappa shape index (κ2) is 9.73. The van der Waals surface area contributed by atoms with Gasteiger partial charge in [-0.3, -0.25) is 4.79 Å². The highest BCUT2D eigenvalue weighted by atomic mass is 79.9. The Morgan fingerprint density at radius 1 is 0.867 bits per heavy atom. The number of ketones is 1. The van der Waals surface area contributed by atoms with Gasteiger partial charge in [0.25, 0.3) is 0 Å². The smallest absolute Gasteiger partial charge is 0.204 e. The Bertz CT molecular complexity index is 1170. The number of carbonyl (C=O) groups excluding carboxylic acids is 1. The number of carbonyl (C=O) groups is 1. The van der Waals surface area contributed by atoms with Crippen molar-refractivity contribution in [2.24, 2.45) is 0 Å². The van der Waals surface area contributed by atoms with Gasteiger partial charge >= 0.3 is 0 Å². The number of halogens is 2. The molecule has 0 aliphatic carbocycles. The van der Waals surface area contributed by atoms with Crippen LogP contribution in [0.5, 0.6) is 5.75 Å². The molecular weight excluding hydrogens is 532 g/mol. The number of benzene rings is 3. The molecule has 0 amide bonds. The fraction of sp³-hybridized carbons (Fsp3) is 0.0870. The third kappa shape index (κ3) is 5.68. The van der Waals surface area contributed by atoms with Crippen molar-refractivity contribution >= 4 is 53.6 Å². The average molecular weight is 550 g/mol. The zero-order valence-electron chi connectivity index (χ0n) is 16.0. The molecule has 0 bridgehead atoms. The monoisotopic (exact) mass is 548 g/mol. The van der Waals surface area contributed by atoms with Crippen molar-refractivity contribution in [2.75, 3.05) is 7.11 Å². The lowest BCUT2D eigenvalue weighted by molar-refractivity contribution is 0.104. The molecule has 0 unspecified atom stereocenters. The summed E-state index contributed by atoms with van der Waals surface area (Å²) in [6, 6.07) is 20.5. The highest BCUT2D eigenvalue weighted by molar-refractivity contribution is 9.10. The van der Waals surface area contributed by atoms with Gasteiger partial charge in [-0.05, 0) is 65.7 Å². The minimum Gasteiger partial charge on any atom is -0.497 e. The van der Waals surface area contributed by atoms with E-state index in [1.165, 1.54) is 13.2 Å². The summed E-state index contributed by atoms with van der Waals surface area (Å²) in [4.78, 5) is 12.9. The molecule has 0 atom stereocenters. The minimum absolute atomic E-state index is 0.252. The lowest BCUT2D eigenvalue weighted by Crippen LogP contribution is -2.16. The molecule has 0 fully saturated rings. The summed E-state index contributed by atoms with van der Waals surface area (Å²) in [6.07, 6.45) is 1.42. The first-order chi connectivity index (χ1) is 14.3. The van der Waals surface area contributed by atoms with E-state index >= 15 is 0 Å². The van der Waals surface area contributed by atoms with Gasteiger partial charge in [-0.25, -0.2) is 8.42 Å². The molecule has 0 N–H and O–H groups in total. The van der Waals surface area contributed by atoms with Gasteiger partial charge in [0.2, 0.25) is 5.78 Å². The molecule has 3 rings (SSSR count). The number of ether oxygens (including phenoxy) is 1. The Morgan fingerprint density at radius 3 is 1.93 bits per heavy atom. The normalized spacial score (nSPS) is 11.9. The maximum absolute atomic E-state index is 13.3. The van der Waals surface area contributed by atoms with Gasteiger partial charge < -0.3 is 4.74 Å². The topological polar surface area (TPSA) is 60.4 Å². The molecule has 0 aliphatic heterocycles. The zero-order valence-corrected chi connectivity index (χ0v) is 20.0. The SMILES string of the molecule is COc1ccc(C(=O)C(=Cc2ccc(Br)cc2)S(=O)(=O)Cc2ccc(Br)cc2)cc1. The molecule has 4 nitrogen and oxygen atoms in total. The summed E-state index contributed by atoms with van der Waals surface area (Å²) in [7, 11) is -2.38. The van der Waals surface area contributed by atoms with Crippen molar-refractivity contribution < 1.29 is 17.9 Å². The van der Waals surface area contributed by atoms with Crippen LogP contribution in [-0.2, 0) is 15.6 Å². The minimum atomic E-state index is -3.91. The summed E-state index contributed by atoms with van der Waals surface area (Å²) in [5, 5.41) is 0. The molecule has 0 aliphatic rings. The van der Waals surface area contributed by atoms with E-state index in [9.17, 15) is 13.2 Å². The van der Waals surface area contributed by atoms with Gasteiger partial charge in [-0.1, -0.05) is 56.1 Å². The summed E-state index contributed by atoms with van der Waals surface area (Å²) in [6.45, 7) is 0. The van der Waals surface area contributed by atoms with Gasteiger partial charge in [0, 0.05) is 14.5 Å². The van der Waals surface area contributed by atoms with Crippen LogP contribution in [0.4, 0.5) is 0 Å². The van der Waals surface area contributed by atoms with Crippen LogP contribution in [0.2, 0.25) is 0 Å². The summed E-state index contributed by atoms with van der Waals surface area (Å²) < 4.78 is 33.4. The van der Waals surface area contributed by atoms with Crippen LogP contribution >= 0.6 is 31.9 Å². The maximum atomic E-state index is 13.3. The van der Waals surface area contributed by atoms with E-state index in [1.807, 2.05) is 0 Å². The Kier molecular flexibility index (Phi) is 7.28. The molecule has 154 valence electrons. The third-order valence-electron chi connectivity index (χ3n) is 4.35. The zero-order chi connectivity index (χ0) is 21.7. The van der Waals surface area contributed by atoms with E-state index in [-0.39, 0.29) is 16.2 Å². The van der Waals surface area contributed by atoms with Crippen LogP contribution in [0.3, 0.4) is 0 Å². The van der Waals surface area contributed by atoms with E-state index < -0.39 is 15.6 Å². The molecule has 0 spiro atoms. The fourth-order valence-corrected chi connectivity index (χ4v) is 4.80. The van der Waals surface area contributed by atoms with Crippen LogP contribution in [0.1, 0.15) is 21.5 Å². The summed E-state index contributed by atoms with van der Waals surface area (Å²) >= 11 is 6.70. The standard InChI is InChI=1S/C23H18Br2O4S/c1-29-21-12-6-18(7-13-21)23(26)22(14-16-2-8-19(24)9-3-16)30(27,28)15-17-4-10-20(25)11-5-17/h2-14H,15H2,1H3. The molecule has 30 heavy (non-hydrogen) atoms. The van der Waals surface area contributed by atoms with E-state index in [0.29, 0.717) is 16.9 Å². The lowest BCUT2D eigenvalue weighted by Gasteiger charge is -2.10. The van der Waals surface area contributed by atoms with E-state index in [1.54, 1.807) is 72.8 Å². The van der Waals surface area contributed by atoms with Crippen LogP contribution in [0.25, 0.3) is 6.08 Å². The van der Waals surface area contributed by atoms with Crippen molar-refractivity contribution in [2.45, 2.75) is 5.75 Å². The predicted molar refractivity (Wildman–Crippen MR) is 126 cm³/mol. The van der Waals surface area contributed by atoms with Crippen molar-refractivity contribution in [1.82, 2.24) is 0 Å². The molecule has 3 aromatic rings. The molecule has 7 heteroatoms. The van der Waals surface area contributed by atoms with Crippen molar-refractivity contribution in [3.63, 3.8) is 0 Å². The first-order valence-corrected chi connectivity index (χ1v) is 12.2. The molecule has 0 radical (unpaired) electrons. The fourth-order valence-electron chi connectivity index (χ4n) is 2.77. The Labute approximate surface area is 192 Å². The molecule has 0 heterocycles. The number of methoxy groups -OCH3 is 1. The second-order valence-corrected chi connectivity index (χ2v) is 10.3. The van der Waals surface area contributed by atoms with Gasteiger partial charge in [0.1, 0.15) is 10.7 Å². The molecule has 0 saturated carbocycles. The summed E-state index contributed by atoms with van der Waals surface area (Å²) in [5.74, 6) is -0.245. The highest BCUT2D eigenvalue weighted by Gasteiger charge is 2.26. The van der Waals surface area contributed by atoms with Crippen LogP contribution < -0.4 is 4.74 Å². The third-order valence-corrected chi connectivity index (χ3v) is 7.09. The van der Waals surface area contributed by atoms with Crippen LogP contribution in [0, 0.1) is 0 Å². The maximum Gasteiger partial charge on any atom is 0.204 e. The number of rotatable bonds is 7. The second-order valence-electron chi connectivity index (χ2n) is 6.50. The van der Waals surface area contributed by atoms with Crippen LogP contribution in [-0.4, -0.2) is 21.3 Å². The molecule has 0 saturated heterocycles. The number of Topliss-reactive ketones (excluding diaryl/α,β-unsaturated/α-hetero) is 1. The quantitative estimate of drug-likeness (QED) is 0.265. The van der Waals surface area contributed by atoms with Gasteiger partial charge in [-0.15, -0.1) is 0 Å². The average Bonchev–Trinajstić information content (AvgIpc) is 2.74. The van der Waals surface area contributed by atoms with Gasteiger partial charge in [0.05, 0.1) is 12.9 Å². The highest BCUT2D eigenvalue weighted by Crippen LogP contribution is 2.24. The Morgan fingerprint density at radius 2 is 1.40 bits per heavy atom. The number of sulfone groups is 1. The first-order valence-electron chi connectivity index (χ1n) is 8.92. The summed E-state index contributed by atoms with van der Waals surface area (Å²) in [5.41, 5.74) is 1.50. The van der Waals surface area contributed by atoms with Crippen molar-refractivity contribution in [3.8, 4) is 5.75 Å². The Hall–Kier alpha value is -2.22. The number of hydrogen-bond donors (Lipinski definition) is 0. The first kappa shape index (κ1) is 22.5. The number of allylic oxidation sites excluding steroid dienone is 1. The van der Waals surface area contributed by atoms with Crippen molar-refractivity contribution in [1.29, 1.82) is 0 Å². The van der Waals surface area contributed by atoms with E-state index in [0.717, 1.165) is 8.95 Å². The van der Waals surface area contributed by atoms with E-state index in [2.05, 4.69) is 31.9 Å². The lowest BCUT2D eigenvalue weighted by atomic mass is 10.1. The van der Waals surface area contributed by atoms with E-state index in [4.69, 9.17) is 4.74 Å². The predicted octanol–water partition coefficient (Wildman–Crippen LogP) is 6.06. The van der Waals surface area contributed by atoms with Gasteiger partial charge in [-0.2, -0.15) is 0 Å².